The van der Waals surface area contributed by atoms with Crippen molar-refractivity contribution in [2.24, 2.45) is 0 Å². The highest BCUT2D eigenvalue weighted by atomic mass is 31.2. The van der Waals surface area contributed by atoms with Crippen LogP contribution < -0.4 is 5.32 Å². The van der Waals surface area contributed by atoms with Gasteiger partial charge in [0.25, 0.3) is 0 Å². The van der Waals surface area contributed by atoms with E-state index in [1.807, 2.05) is 33.3 Å². The minimum absolute atomic E-state index is 0.0390. The minimum Gasteiger partial charge on any atom is -0.456 e. The second-order valence-corrected chi connectivity index (χ2v) is 25.8. The van der Waals surface area contributed by atoms with Gasteiger partial charge in [-0.15, -0.1) is 0 Å². The number of likely N-dealkylation sites (N-methyl/N-ethyl adjacent to an activating group) is 1. The highest BCUT2D eigenvalue weighted by Crippen LogP contribution is 2.43. The molecule has 0 rings (SSSR count). The van der Waals surface area contributed by atoms with Crippen molar-refractivity contribution in [2.75, 3.05) is 40.9 Å². The lowest BCUT2D eigenvalue weighted by atomic mass is 10.0. The molecule has 0 heterocycles. The number of carbonyl (C=O) groups excluding carboxylic acids is 2. The number of rotatable bonds is 62. The van der Waals surface area contributed by atoms with Gasteiger partial charge in [0.05, 0.1) is 33.8 Å². The number of unbranched alkanes of at least 4 members (excludes halogenated alkanes) is 38. The molecule has 0 fully saturated rings. The summed E-state index contributed by atoms with van der Waals surface area (Å²) in [6, 6.07) is -0.852. The molecule has 0 aromatic heterocycles. The Morgan fingerprint density at radius 3 is 1.18 bits per heavy atom. The predicted octanol–water partition coefficient (Wildman–Crippen LogP) is 21.4. The number of allylic oxidation sites excluding steroid dienone is 9. The Kier molecular flexibility index (Phi) is 58.1. The Morgan fingerprint density at radius 1 is 0.438 bits per heavy atom. The Balaban J connectivity index is 5.09. The molecule has 0 aliphatic heterocycles. The van der Waals surface area contributed by atoms with Gasteiger partial charge in [-0.3, -0.25) is 18.6 Å². The number of esters is 1. The average molecular weight is 1140 g/mol. The molecule has 0 spiro atoms. The second-order valence-electron chi connectivity index (χ2n) is 24.3. The lowest BCUT2D eigenvalue weighted by Crippen LogP contribution is -2.47. The van der Waals surface area contributed by atoms with Crippen molar-refractivity contribution in [3.63, 3.8) is 0 Å². The maximum absolute atomic E-state index is 13.6. The van der Waals surface area contributed by atoms with Gasteiger partial charge in [-0.1, -0.05) is 275 Å². The third-order valence-electron chi connectivity index (χ3n) is 15.2. The number of ether oxygens (including phenoxy) is 1. The van der Waals surface area contributed by atoms with Crippen LogP contribution in [0, 0.1) is 0 Å². The number of phosphoric ester groups is 1. The van der Waals surface area contributed by atoms with E-state index in [2.05, 4.69) is 74.7 Å². The molecule has 0 aliphatic rings. The van der Waals surface area contributed by atoms with E-state index in [9.17, 15) is 19.0 Å². The normalized spacial score (nSPS) is 13.9. The fourth-order valence-electron chi connectivity index (χ4n) is 9.88. The van der Waals surface area contributed by atoms with Crippen molar-refractivity contribution in [2.45, 2.75) is 335 Å². The first-order chi connectivity index (χ1) is 38.9. The number of hydrogen-bond donors (Lipinski definition) is 2. The summed E-state index contributed by atoms with van der Waals surface area (Å²) in [7, 11) is 1.50. The molecule has 1 amide bonds. The Bertz CT molecular complexity index is 1550. The zero-order chi connectivity index (χ0) is 58.6. The number of nitrogens with one attached hydrogen (secondary N) is 1. The number of phosphoric acid groups is 1. The molecule has 0 aromatic carbocycles. The molecule has 468 valence electrons. The summed E-state index contributed by atoms with van der Waals surface area (Å²) >= 11 is 0. The molecule has 0 saturated carbocycles. The van der Waals surface area contributed by atoms with Gasteiger partial charge in [0.15, 0.2) is 0 Å². The van der Waals surface area contributed by atoms with Crippen molar-refractivity contribution in [3.05, 3.63) is 60.8 Å². The number of carbonyl (C=O) groups is 2. The molecule has 3 unspecified atom stereocenters. The van der Waals surface area contributed by atoms with Crippen molar-refractivity contribution < 1.29 is 37.3 Å². The molecular weight excluding hydrogens is 1010 g/mol. The van der Waals surface area contributed by atoms with Crippen LogP contribution in [0.2, 0.25) is 0 Å². The van der Waals surface area contributed by atoms with Crippen LogP contribution in [0.25, 0.3) is 0 Å². The SMILES string of the molecule is CCCCC/C=C\C/C=C\C/C=C\CCCCCCCCCCCCCCC(=O)NC(COP(=O)(O)OCC[N+](C)(C)C)C(/C=C\CCCCCCCCCCCC)OC(=O)CCCCCCCCC/C=C/CCCCCCCC. The van der Waals surface area contributed by atoms with E-state index in [0.717, 1.165) is 70.6 Å². The maximum Gasteiger partial charge on any atom is 0.472 e. The zero-order valence-corrected chi connectivity index (χ0v) is 54.5. The molecular formula is C70H132N2O7P+. The van der Waals surface area contributed by atoms with Crippen LogP contribution in [0.15, 0.2) is 60.8 Å². The van der Waals surface area contributed by atoms with E-state index in [1.54, 1.807) is 0 Å². The molecule has 10 heteroatoms. The highest BCUT2D eigenvalue weighted by molar-refractivity contribution is 7.47. The van der Waals surface area contributed by atoms with Crippen LogP contribution in [-0.2, 0) is 27.9 Å². The summed E-state index contributed by atoms with van der Waals surface area (Å²) in [4.78, 5) is 37.8. The second kappa shape index (κ2) is 59.9. The molecule has 0 radical (unpaired) electrons. The standard InChI is InChI=1S/C70H131N2O7P/c1-7-10-13-16-19-22-25-28-30-32-33-34-35-36-37-38-39-41-42-44-47-50-53-56-59-62-69(73)71-67(66-78-80(75,76)77-65-64-72(4,5)6)68(61-58-55-52-49-46-27-24-21-18-15-12-9-3)79-70(74)63-60-57-54-51-48-45-43-40-31-29-26-23-20-17-14-11-8-2/h19,22,28-31,33-34,58,61,67-68H,7-18,20-21,23-27,32,35-57,59-60,62-66H2,1-6H3,(H-,71,73,75,76)/p+1/b22-19-,30-28-,31-29+,34-33-,61-58-. The largest absolute Gasteiger partial charge is 0.472 e. The Morgan fingerprint density at radius 2 is 0.762 bits per heavy atom. The molecule has 0 saturated heterocycles. The summed E-state index contributed by atoms with van der Waals surface area (Å²) in [5, 5.41) is 3.07. The molecule has 3 atom stereocenters. The first-order valence-electron chi connectivity index (χ1n) is 34.1. The zero-order valence-electron chi connectivity index (χ0n) is 53.6. The summed E-state index contributed by atoms with van der Waals surface area (Å²) < 4.78 is 30.8. The van der Waals surface area contributed by atoms with Crippen molar-refractivity contribution in [3.8, 4) is 0 Å². The number of quaternary nitrogens is 1. The van der Waals surface area contributed by atoms with Crippen LogP contribution in [0.5, 0.6) is 0 Å². The molecule has 9 nitrogen and oxygen atoms in total. The molecule has 2 N–H and O–H groups in total. The van der Waals surface area contributed by atoms with Gasteiger partial charge in [0.2, 0.25) is 5.91 Å². The van der Waals surface area contributed by atoms with Crippen LogP contribution >= 0.6 is 7.82 Å². The van der Waals surface area contributed by atoms with E-state index in [4.69, 9.17) is 13.8 Å². The minimum atomic E-state index is -4.45. The first-order valence-corrected chi connectivity index (χ1v) is 35.6. The summed E-state index contributed by atoms with van der Waals surface area (Å²) in [5.41, 5.74) is 0. The van der Waals surface area contributed by atoms with E-state index < -0.39 is 20.0 Å². The fourth-order valence-corrected chi connectivity index (χ4v) is 10.6. The lowest BCUT2D eigenvalue weighted by molar-refractivity contribution is -0.870. The molecule has 0 aromatic rings. The van der Waals surface area contributed by atoms with Gasteiger partial charge in [0.1, 0.15) is 19.3 Å². The van der Waals surface area contributed by atoms with Gasteiger partial charge < -0.3 is 19.4 Å². The summed E-state index contributed by atoms with van der Waals surface area (Å²) in [5.74, 6) is -0.502. The molecule has 80 heavy (non-hydrogen) atoms. The van der Waals surface area contributed by atoms with Crippen molar-refractivity contribution in [1.29, 1.82) is 0 Å². The lowest BCUT2D eigenvalue weighted by Gasteiger charge is -2.27. The van der Waals surface area contributed by atoms with Crippen LogP contribution in [0.1, 0.15) is 323 Å². The average Bonchev–Trinajstić information content (AvgIpc) is 3.42. The maximum atomic E-state index is 13.6. The Labute approximate surface area is 496 Å². The Hall–Kier alpha value is -2.29. The topological polar surface area (TPSA) is 111 Å². The fraction of sp³-hybridized carbons (Fsp3) is 0.829. The summed E-state index contributed by atoms with van der Waals surface area (Å²) in [6.45, 7) is 7.01. The molecule has 0 bridgehead atoms. The number of amides is 1. The van der Waals surface area contributed by atoms with Gasteiger partial charge in [0, 0.05) is 12.8 Å². The quantitative estimate of drug-likeness (QED) is 0.0205. The van der Waals surface area contributed by atoms with Crippen LogP contribution in [0.3, 0.4) is 0 Å². The first kappa shape index (κ1) is 77.7. The van der Waals surface area contributed by atoms with Crippen LogP contribution in [-0.4, -0.2) is 74.3 Å². The van der Waals surface area contributed by atoms with Crippen molar-refractivity contribution in [1.82, 2.24) is 5.32 Å². The third-order valence-corrected chi connectivity index (χ3v) is 16.2. The third kappa shape index (κ3) is 60.3. The molecule has 0 aliphatic carbocycles. The van der Waals surface area contributed by atoms with Crippen molar-refractivity contribution >= 4 is 19.7 Å². The van der Waals surface area contributed by atoms with Crippen LogP contribution in [0.4, 0.5) is 0 Å². The summed E-state index contributed by atoms with van der Waals surface area (Å²) in [6.07, 6.45) is 76.5. The van der Waals surface area contributed by atoms with Gasteiger partial charge in [-0.05, 0) is 96.0 Å². The van der Waals surface area contributed by atoms with E-state index >= 15 is 0 Å². The highest BCUT2D eigenvalue weighted by Gasteiger charge is 2.30. The van der Waals surface area contributed by atoms with E-state index in [1.165, 1.54) is 218 Å². The van der Waals surface area contributed by atoms with Gasteiger partial charge in [-0.25, -0.2) is 4.57 Å². The monoisotopic (exact) mass is 1140 g/mol. The number of nitrogens with zero attached hydrogens (tertiary/aromatic N) is 1. The van der Waals surface area contributed by atoms with E-state index in [0.29, 0.717) is 17.4 Å². The van der Waals surface area contributed by atoms with Gasteiger partial charge in [-0.2, -0.15) is 0 Å². The smallest absolute Gasteiger partial charge is 0.456 e. The van der Waals surface area contributed by atoms with E-state index in [-0.39, 0.29) is 31.5 Å². The van der Waals surface area contributed by atoms with Gasteiger partial charge >= 0.3 is 13.8 Å². The predicted molar refractivity (Wildman–Crippen MR) is 346 cm³/mol. The number of hydrogen-bond acceptors (Lipinski definition) is 6.